The fourth-order valence-corrected chi connectivity index (χ4v) is 5.65. The van der Waals surface area contributed by atoms with Crippen molar-refractivity contribution in [2.24, 2.45) is 0 Å². The molecule has 3 aromatic rings. The standard InChI is InChI=1S/C29H31N3O4/c33-26-6-4-21-16-22(3-5-24(21)26)25-17-27(36-29(25)20-7-9-30-10-8-20)23-2-1-11-32(18-23)28(34)19-31-12-14-35-15-13-31/h3,5,7-10,16-17,23H,1-2,4,6,11-15,18-19H2. The molecule has 7 heteroatoms. The van der Waals surface area contributed by atoms with E-state index in [1.54, 1.807) is 12.4 Å². The molecule has 2 aromatic heterocycles. The van der Waals surface area contributed by atoms with Gasteiger partial charge >= 0.3 is 0 Å². The van der Waals surface area contributed by atoms with Crippen molar-refractivity contribution in [3.8, 4) is 22.5 Å². The molecule has 2 fully saturated rings. The highest BCUT2D eigenvalue weighted by Gasteiger charge is 2.30. The zero-order chi connectivity index (χ0) is 24.5. The molecule has 0 N–H and O–H groups in total. The number of aromatic nitrogens is 1. The van der Waals surface area contributed by atoms with Gasteiger partial charge < -0.3 is 14.1 Å². The van der Waals surface area contributed by atoms with Crippen LogP contribution in [0, 0.1) is 0 Å². The van der Waals surface area contributed by atoms with Crippen LogP contribution in [0.4, 0.5) is 0 Å². The van der Waals surface area contributed by atoms with Crippen LogP contribution in [0.1, 0.15) is 46.9 Å². The van der Waals surface area contributed by atoms with Crippen LogP contribution >= 0.6 is 0 Å². The molecule has 1 unspecified atom stereocenters. The molecule has 0 radical (unpaired) electrons. The number of morpholine rings is 1. The van der Waals surface area contributed by atoms with Gasteiger partial charge in [-0.1, -0.05) is 18.2 Å². The number of carbonyl (C=O) groups is 2. The zero-order valence-corrected chi connectivity index (χ0v) is 20.4. The van der Waals surface area contributed by atoms with Gasteiger partial charge in [0, 0.05) is 67.6 Å². The molecule has 1 amide bonds. The number of amides is 1. The molecule has 1 aromatic carbocycles. The topological polar surface area (TPSA) is 75.9 Å². The monoisotopic (exact) mass is 485 g/mol. The van der Waals surface area contributed by atoms with Crippen molar-refractivity contribution in [1.29, 1.82) is 0 Å². The molecule has 0 saturated carbocycles. The number of piperidine rings is 1. The lowest BCUT2D eigenvalue weighted by Crippen LogP contribution is -2.47. The molecule has 0 spiro atoms. The molecule has 6 rings (SSSR count). The van der Waals surface area contributed by atoms with Gasteiger partial charge in [-0.2, -0.15) is 0 Å². The minimum absolute atomic E-state index is 0.151. The highest BCUT2D eigenvalue weighted by Crippen LogP contribution is 2.40. The van der Waals surface area contributed by atoms with Gasteiger partial charge in [-0.15, -0.1) is 0 Å². The Balaban J connectivity index is 1.28. The van der Waals surface area contributed by atoms with Gasteiger partial charge in [0.1, 0.15) is 11.5 Å². The molecular weight excluding hydrogens is 454 g/mol. The molecule has 2 aliphatic heterocycles. The number of ketones is 1. The van der Waals surface area contributed by atoms with E-state index in [1.165, 1.54) is 0 Å². The van der Waals surface area contributed by atoms with E-state index in [0.29, 0.717) is 32.7 Å². The van der Waals surface area contributed by atoms with Gasteiger partial charge in [-0.3, -0.25) is 19.5 Å². The van der Waals surface area contributed by atoms with Crippen molar-refractivity contribution in [2.45, 2.75) is 31.6 Å². The fourth-order valence-electron chi connectivity index (χ4n) is 5.65. The smallest absolute Gasteiger partial charge is 0.236 e. The van der Waals surface area contributed by atoms with E-state index in [-0.39, 0.29) is 17.6 Å². The Kier molecular flexibility index (Phi) is 6.42. The minimum Gasteiger partial charge on any atom is -0.460 e. The molecular formula is C29H31N3O4. The Morgan fingerprint density at radius 1 is 0.972 bits per heavy atom. The SMILES string of the molecule is O=C1CCc2cc(-c3cc(C4CCCN(C(=O)CN5CCOCC5)C4)oc3-c3ccncc3)ccc21. The Bertz CT molecular complexity index is 1260. The fraction of sp³-hybridized carbons (Fsp3) is 0.414. The zero-order valence-electron chi connectivity index (χ0n) is 20.4. The molecule has 36 heavy (non-hydrogen) atoms. The van der Waals surface area contributed by atoms with Crippen LogP contribution in [0.3, 0.4) is 0 Å². The lowest BCUT2D eigenvalue weighted by molar-refractivity contribution is -0.134. The summed E-state index contributed by atoms with van der Waals surface area (Å²) in [4.78, 5) is 33.6. The van der Waals surface area contributed by atoms with E-state index in [1.807, 2.05) is 29.2 Å². The molecule has 3 aliphatic rings. The van der Waals surface area contributed by atoms with Crippen molar-refractivity contribution < 1.29 is 18.7 Å². The summed E-state index contributed by atoms with van der Waals surface area (Å²) >= 11 is 0. The third kappa shape index (κ3) is 4.61. The second-order valence-electron chi connectivity index (χ2n) is 9.99. The normalized spacial score (nSPS) is 20.5. The number of aryl methyl sites for hydroxylation is 1. The molecule has 4 heterocycles. The van der Waals surface area contributed by atoms with Crippen LogP contribution in [0.25, 0.3) is 22.5 Å². The summed E-state index contributed by atoms with van der Waals surface area (Å²) < 4.78 is 12.0. The first-order chi connectivity index (χ1) is 17.7. The quantitative estimate of drug-likeness (QED) is 0.540. The molecule has 2 saturated heterocycles. The highest BCUT2D eigenvalue weighted by atomic mass is 16.5. The van der Waals surface area contributed by atoms with E-state index in [0.717, 1.165) is 78.2 Å². The van der Waals surface area contributed by atoms with Crippen molar-refractivity contribution >= 4 is 11.7 Å². The van der Waals surface area contributed by atoms with Crippen LogP contribution in [0.15, 0.2) is 53.2 Å². The first kappa shape index (κ1) is 23.1. The third-order valence-electron chi connectivity index (χ3n) is 7.67. The number of nitrogens with zero attached hydrogens (tertiary/aromatic N) is 3. The lowest BCUT2D eigenvalue weighted by atomic mass is 9.93. The summed E-state index contributed by atoms with van der Waals surface area (Å²) in [7, 11) is 0. The first-order valence-electron chi connectivity index (χ1n) is 12.9. The predicted molar refractivity (Wildman–Crippen MR) is 136 cm³/mol. The second kappa shape index (κ2) is 9.99. The Morgan fingerprint density at radius 3 is 2.64 bits per heavy atom. The average molecular weight is 486 g/mol. The number of rotatable bonds is 5. The minimum atomic E-state index is 0.151. The largest absolute Gasteiger partial charge is 0.460 e. The summed E-state index contributed by atoms with van der Waals surface area (Å²) in [6.45, 7) is 4.93. The molecule has 0 bridgehead atoms. The van der Waals surface area contributed by atoms with Crippen molar-refractivity contribution in [1.82, 2.24) is 14.8 Å². The molecule has 1 atom stereocenters. The van der Waals surface area contributed by atoms with Crippen LogP contribution in [-0.2, 0) is 16.0 Å². The van der Waals surface area contributed by atoms with Crippen LogP contribution in [0.2, 0.25) is 0 Å². The number of fused-ring (bicyclic) bond motifs is 1. The highest BCUT2D eigenvalue weighted by molar-refractivity contribution is 6.01. The summed E-state index contributed by atoms with van der Waals surface area (Å²) in [5.41, 5.74) is 5.00. The van der Waals surface area contributed by atoms with E-state index in [9.17, 15) is 9.59 Å². The summed E-state index contributed by atoms with van der Waals surface area (Å²) in [5, 5.41) is 0. The average Bonchev–Trinajstić information content (AvgIpc) is 3.54. The van der Waals surface area contributed by atoms with Crippen LogP contribution < -0.4 is 0 Å². The van der Waals surface area contributed by atoms with Crippen LogP contribution in [-0.4, -0.2) is 72.4 Å². The number of benzene rings is 1. The van der Waals surface area contributed by atoms with E-state index < -0.39 is 0 Å². The van der Waals surface area contributed by atoms with Gasteiger partial charge in [0.15, 0.2) is 5.78 Å². The van der Waals surface area contributed by atoms with E-state index in [4.69, 9.17) is 9.15 Å². The third-order valence-corrected chi connectivity index (χ3v) is 7.67. The summed E-state index contributed by atoms with van der Waals surface area (Å²) in [5.74, 6) is 2.29. The van der Waals surface area contributed by atoms with Crippen molar-refractivity contribution in [3.05, 3.63) is 65.7 Å². The number of hydrogen-bond acceptors (Lipinski definition) is 6. The second-order valence-corrected chi connectivity index (χ2v) is 9.99. The van der Waals surface area contributed by atoms with Crippen molar-refractivity contribution in [2.75, 3.05) is 45.9 Å². The lowest BCUT2D eigenvalue weighted by Gasteiger charge is -2.34. The Labute approximate surface area is 211 Å². The number of pyridine rings is 1. The number of hydrogen-bond donors (Lipinski definition) is 0. The number of likely N-dealkylation sites (tertiary alicyclic amines) is 1. The van der Waals surface area contributed by atoms with Gasteiger partial charge in [0.25, 0.3) is 0 Å². The maximum absolute atomic E-state index is 13.1. The van der Waals surface area contributed by atoms with Gasteiger partial charge in [-0.05, 0) is 48.6 Å². The van der Waals surface area contributed by atoms with Crippen LogP contribution in [0.5, 0.6) is 0 Å². The summed E-state index contributed by atoms with van der Waals surface area (Å²) in [6.07, 6.45) is 6.87. The van der Waals surface area contributed by atoms with Gasteiger partial charge in [0.2, 0.25) is 5.91 Å². The molecule has 1 aliphatic carbocycles. The van der Waals surface area contributed by atoms with Gasteiger partial charge in [-0.25, -0.2) is 0 Å². The van der Waals surface area contributed by atoms with E-state index >= 15 is 0 Å². The van der Waals surface area contributed by atoms with E-state index in [2.05, 4.69) is 22.0 Å². The Morgan fingerprint density at radius 2 is 1.81 bits per heavy atom. The molecule has 7 nitrogen and oxygen atoms in total. The predicted octanol–water partition coefficient (Wildman–Crippen LogP) is 4.18. The maximum Gasteiger partial charge on any atom is 0.236 e. The maximum atomic E-state index is 13.1. The van der Waals surface area contributed by atoms with Crippen molar-refractivity contribution in [3.63, 3.8) is 0 Å². The number of furan rings is 1. The number of carbonyl (C=O) groups excluding carboxylic acids is 2. The first-order valence-corrected chi connectivity index (χ1v) is 12.9. The summed E-state index contributed by atoms with van der Waals surface area (Å²) in [6, 6.07) is 12.2. The number of ether oxygens (including phenoxy) is 1. The van der Waals surface area contributed by atoms with Gasteiger partial charge in [0.05, 0.1) is 19.8 Å². The molecule has 186 valence electrons. The Hall–Kier alpha value is -3.29. The number of Topliss-reactive ketones (excluding diaryl/α,β-unsaturated/α-hetero) is 1.